The largest absolute Gasteiger partial charge is 0.453 e. The molecule has 4 N–H and O–H groups in total. The molecule has 0 bridgehead atoms. The maximum absolute atomic E-state index is 14.1. The van der Waals surface area contributed by atoms with E-state index in [1.165, 1.54) is 21.3 Å². The van der Waals surface area contributed by atoms with Gasteiger partial charge < -0.3 is 49.3 Å². The lowest BCUT2D eigenvalue weighted by molar-refractivity contribution is -0.138. The summed E-state index contributed by atoms with van der Waals surface area (Å²) >= 11 is 0. The highest BCUT2D eigenvalue weighted by Crippen LogP contribution is 2.40. The molecule has 16 nitrogen and oxygen atoms in total. The number of amides is 4. The Morgan fingerprint density at radius 2 is 1.21 bits per heavy atom. The van der Waals surface area contributed by atoms with E-state index in [1.807, 2.05) is 30.9 Å². The zero-order chi connectivity index (χ0) is 44.7. The standard InChI is InChI=1S/C47H56N8O8/c1-24(2)38(52-46(58)62-7)44(56)54-21-25(3)17-36(54)42-48-34-15-11-30-19-28(9-13-32(30)40(34)50-42)29-10-14-33-31(20-29)12-16-35-41(33)51-43(49-35)37-18-27(23-60-5)22-55(37)45(57)39(26(4)61-6)53-47(59)63-8/h9-16,19-20,24-27,36-39H,17-18,21-23H2,1-8H3,(H,48,50)(H,49,51)(H,52,58)(H,53,59)/t25-,26+,27-,36-,37-,38-,39-/m0/s1. The van der Waals surface area contributed by atoms with E-state index < -0.39 is 30.4 Å². The van der Waals surface area contributed by atoms with Crippen LogP contribution in [0, 0.1) is 17.8 Å². The van der Waals surface area contributed by atoms with Crippen molar-refractivity contribution in [1.29, 1.82) is 0 Å². The van der Waals surface area contributed by atoms with E-state index in [1.54, 1.807) is 18.9 Å². The topological polar surface area (TPSA) is 193 Å². The molecular weight excluding hydrogens is 805 g/mol. The summed E-state index contributed by atoms with van der Waals surface area (Å²) in [7, 11) is 5.70. The molecule has 332 valence electrons. The van der Waals surface area contributed by atoms with Crippen molar-refractivity contribution in [2.45, 2.75) is 70.8 Å². The summed E-state index contributed by atoms with van der Waals surface area (Å²) in [5.41, 5.74) is 5.49. The number of benzene rings is 4. The Hall–Kier alpha value is -6.26. The molecule has 0 radical (unpaired) electrons. The molecule has 8 rings (SSSR count). The number of H-pyrrole nitrogens is 2. The number of likely N-dealkylation sites (tertiary alicyclic amines) is 2. The van der Waals surface area contributed by atoms with E-state index in [2.05, 4.69) is 76.1 Å². The van der Waals surface area contributed by atoms with E-state index in [4.69, 9.17) is 28.9 Å². The van der Waals surface area contributed by atoms with Gasteiger partial charge in [-0.3, -0.25) is 9.59 Å². The Bertz CT molecular complexity index is 2690. The van der Waals surface area contributed by atoms with E-state index in [0.717, 1.165) is 67.0 Å². The number of nitrogens with zero attached hydrogens (tertiary/aromatic N) is 4. The first-order chi connectivity index (χ1) is 30.3. The molecule has 0 unspecified atom stereocenters. The molecule has 7 atom stereocenters. The van der Waals surface area contributed by atoms with Crippen molar-refractivity contribution in [2.24, 2.45) is 17.8 Å². The highest BCUT2D eigenvalue weighted by Gasteiger charge is 2.43. The van der Waals surface area contributed by atoms with E-state index in [0.29, 0.717) is 31.9 Å². The van der Waals surface area contributed by atoms with Crippen LogP contribution in [0.5, 0.6) is 0 Å². The van der Waals surface area contributed by atoms with Gasteiger partial charge in [-0.1, -0.05) is 57.2 Å². The molecule has 16 heteroatoms. The number of carbonyl (C=O) groups excluding carboxylic acids is 4. The number of nitrogens with one attached hydrogen (secondary N) is 4. The summed E-state index contributed by atoms with van der Waals surface area (Å²) in [5.74, 6) is 1.15. The van der Waals surface area contributed by atoms with Gasteiger partial charge in [0.15, 0.2) is 0 Å². The lowest BCUT2D eigenvalue weighted by atomic mass is 9.98. The number of fused-ring (bicyclic) bond motifs is 6. The number of carbonyl (C=O) groups is 4. The van der Waals surface area contributed by atoms with Gasteiger partial charge in [-0.05, 0) is 77.8 Å². The molecule has 63 heavy (non-hydrogen) atoms. The van der Waals surface area contributed by atoms with Crippen LogP contribution in [-0.2, 0) is 28.5 Å². The summed E-state index contributed by atoms with van der Waals surface area (Å²) in [4.78, 5) is 73.2. The lowest BCUT2D eigenvalue weighted by Gasteiger charge is -2.30. The van der Waals surface area contributed by atoms with Crippen LogP contribution in [0.2, 0.25) is 0 Å². The summed E-state index contributed by atoms with van der Waals surface area (Å²) in [6.45, 7) is 9.15. The van der Waals surface area contributed by atoms with Gasteiger partial charge in [-0.2, -0.15) is 0 Å². The lowest BCUT2D eigenvalue weighted by Crippen LogP contribution is -2.54. The third kappa shape index (κ3) is 8.36. The number of imidazole rings is 2. The molecule has 2 aliphatic rings. The normalized spacial score (nSPS) is 20.5. The third-order valence-electron chi connectivity index (χ3n) is 12.8. The van der Waals surface area contributed by atoms with Crippen LogP contribution in [0.4, 0.5) is 9.59 Å². The van der Waals surface area contributed by atoms with Crippen LogP contribution < -0.4 is 10.6 Å². The van der Waals surface area contributed by atoms with Crippen LogP contribution in [0.25, 0.3) is 54.7 Å². The van der Waals surface area contributed by atoms with Crippen LogP contribution >= 0.6 is 0 Å². The van der Waals surface area contributed by atoms with E-state index >= 15 is 0 Å². The van der Waals surface area contributed by atoms with Gasteiger partial charge >= 0.3 is 12.2 Å². The number of hydrogen-bond donors (Lipinski definition) is 4. The SMILES string of the molecule is COC[C@H]1C[C@@H](c2nc3ccc4cc(-c5ccc6c(ccc7nc([C@@H]8C[C@H](C)CN8C(=O)[C@@H](NC(=O)OC)C(C)C)[nH]c76)c5)ccc4c3[nH]2)N(C(=O)[C@@H](NC(=O)OC)[C@@H](C)OC)C1. The van der Waals surface area contributed by atoms with Crippen molar-refractivity contribution in [1.82, 2.24) is 40.4 Å². The Kier molecular flexibility index (Phi) is 12.3. The number of methoxy groups -OCH3 is 4. The zero-order valence-electron chi connectivity index (χ0n) is 37.0. The predicted octanol–water partition coefficient (Wildman–Crippen LogP) is 7.00. The monoisotopic (exact) mass is 860 g/mol. The first-order valence-electron chi connectivity index (χ1n) is 21.5. The maximum Gasteiger partial charge on any atom is 0.407 e. The highest BCUT2D eigenvalue weighted by atomic mass is 16.5. The van der Waals surface area contributed by atoms with Gasteiger partial charge in [0.2, 0.25) is 11.8 Å². The Balaban J connectivity index is 1.07. The molecule has 4 aromatic carbocycles. The average Bonchev–Trinajstić information content (AvgIpc) is 4.10. The summed E-state index contributed by atoms with van der Waals surface area (Å²) in [5, 5.41) is 9.49. The van der Waals surface area contributed by atoms with Crippen molar-refractivity contribution < 1.29 is 38.1 Å². The molecule has 6 aromatic rings. The smallest absolute Gasteiger partial charge is 0.407 e. The zero-order valence-corrected chi connectivity index (χ0v) is 37.0. The first-order valence-corrected chi connectivity index (χ1v) is 21.5. The van der Waals surface area contributed by atoms with Crippen LogP contribution in [0.3, 0.4) is 0 Å². The fourth-order valence-corrected chi connectivity index (χ4v) is 9.42. The minimum atomic E-state index is -0.959. The predicted molar refractivity (Wildman–Crippen MR) is 239 cm³/mol. The van der Waals surface area contributed by atoms with E-state index in [9.17, 15) is 19.2 Å². The summed E-state index contributed by atoms with van der Waals surface area (Å²) in [6, 6.07) is 18.6. The fourth-order valence-electron chi connectivity index (χ4n) is 9.42. The third-order valence-corrected chi connectivity index (χ3v) is 12.8. The number of aromatic nitrogens is 4. The van der Waals surface area contributed by atoms with Crippen molar-refractivity contribution in [3.8, 4) is 11.1 Å². The van der Waals surface area contributed by atoms with Crippen molar-refractivity contribution in [3.63, 3.8) is 0 Å². The maximum atomic E-state index is 14.1. The Labute approximate surface area is 365 Å². The van der Waals surface area contributed by atoms with Gasteiger partial charge in [-0.15, -0.1) is 0 Å². The molecule has 0 spiro atoms. The van der Waals surface area contributed by atoms with Gasteiger partial charge in [0.05, 0.1) is 61.1 Å². The van der Waals surface area contributed by atoms with E-state index in [-0.39, 0.29) is 41.7 Å². The average molecular weight is 861 g/mol. The van der Waals surface area contributed by atoms with Crippen molar-refractivity contribution in [2.75, 3.05) is 48.1 Å². The minimum absolute atomic E-state index is 0.0689. The van der Waals surface area contributed by atoms with Gasteiger partial charge in [0.1, 0.15) is 23.7 Å². The number of aromatic amines is 2. The summed E-state index contributed by atoms with van der Waals surface area (Å²) < 4.78 is 20.6. The number of alkyl carbamates (subject to hydrolysis) is 2. The number of ether oxygens (including phenoxy) is 4. The molecule has 2 aromatic heterocycles. The van der Waals surface area contributed by atoms with Crippen molar-refractivity contribution in [3.05, 3.63) is 72.3 Å². The quantitative estimate of drug-likeness (QED) is 0.0996. The second-order valence-corrected chi connectivity index (χ2v) is 17.4. The van der Waals surface area contributed by atoms with Crippen LogP contribution in [0.1, 0.15) is 64.3 Å². The van der Waals surface area contributed by atoms with Crippen LogP contribution in [-0.4, -0.2) is 120 Å². The molecule has 2 saturated heterocycles. The van der Waals surface area contributed by atoms with Gasteiger partial charge in [0, 0.05) is 44.0 Å². The Morgan fingerprint density at radius 1 is 0.698 bits per heavy atom. The summed E-state index contributed by atoms with van der Waals surface area (Å²) in [6.07, 6.45) is -0.562. The molecule has 0 aliphatic carbocycles. The van der Waals surface area contributed by atoms with Crippen LogP contribution in [0.15, 0.2) is 60.7 Å². The number of rotatable bonds is 12. The second-order valence-electron chi connectivity index (χ2n) is 17.4. The molecule has 4 heterocycles. The molecule has 2 aliphatic heterocycles. The van der Waals surface area contributed by atoms with Gasteiger partial charge in [-0.25, -0.2) is 19.6 Å². The molecule has 4 amide bonds. The van der Waals surface area contributed by atoms with Gasteiger partial charge in [0.25, 0.3) is 0 Å². The molecular formula is C47H56N8O8. The highest BCUT2D eigenvalue weighted by molar-refractivity contribution is 6.07. The molecule has 2 fully saturated rings. The second kappa shape index (κ2) is 17.8. The molecule has 0 saturated carbocycles. The number of hydrogen-bond acceptors (Lipinski definition) is 10. The van der Waals surface area contributed by atoms with Crippen molar-refractivity contribution >= 4 is 67.6 Å². The Morgan fingerprint density at radius 3 is 1.71 bits per heavy atom. The first kappa shape index (κ1) is 43.4. The fraction of sp³-hybridized carbons (Fsp3) is 0.447. The minimum Gasteiger partial charge on any atom is -0.453 e.